The Morgan fingerprint density at radius 1 is 1.04 bits per heavy atom. The van der Waals surface area contributed by atoms with Crippen molar-refractivity contribution in [3.63, 3.8) is 0 Å². The van der Waals surface area contributed by atoms with Gasteiger partial charge in [-0.25, -0.2) is 18.4 Å². The van der Waals surface area contributed by atoms with Gasteiger partial charge < -0.3 is 4.42 Å². The highest BCUT2D eigenvalue weighted by atomic mass is 19.3. The largest absolute Gasteiger partial charge is 0.463 e. The molecule has 4 rings (SSSR count). The number of benzene rings is 1. The van der Waals surface area contributed by atoms with Gasteiger partial charge in [-0.3, -0.25) is 4.98 Å². The number of nitrogens with zero attached hydrogens (tertiary/aromatic N) is 4. The second kappa shape index (κ2) is 5.28. The summed E-state index contributed by atoms with van der Waals surface area (Å²) in [6, 6.07) is 12.0. The standard InChI is InChI=1S/C16H10F2N4O/c17-16(18)12-8-13(14-6-3-7-23-14)22(21-12)15-9-19-10-4-1-2-5-11(10)20-15/h1-9,16H. The molecule has 5 nitrogen and oxygen atoms in total. The molecule has 1 aromatic carbocycles. The highest BCUT2D eigenvalue weighted by Gasteiger charge is 2.20. The average Bonchev–Trinajstić information content (AvgIpc) is 3.23. The molecule has 4 aromatic rings. The third-order valence-electron chi connectivity index (χ3n) is 3.38. The summed E-state index contributed by atoms with van der Waals surface area (Å²) in [4.78, 5) is 8.73. The lowest BCUT2D eigenvalue weighted by Crippen LogP contribution is -2.03. The second-order valence-electron chi connectivity index (χ2n) is 4.86. The molecule has 0 bridgehead atoms. The molecule has 0 N–H and O–H groups in total. The fraction of sp³-hybridized carbons (Fsp3) is 0.0625. The fourth-order valence-corrected chi connectivity index (χ4v) is 2.33. The van der Waals surface area contributed by atoms with Gasteiger partial charge in [0.05, 0.1) is 23.5 Å². The summed E-state index contributed by atoms with van der Waals surface area (Å²) >= 11 is 0. The summed E-state index contributed by atoms with van der Waals surface area (Å²) in [5.41, 5.74) is 1.43. The van der Waals surface area contributed by atoms with Crippen molar-refractivity contribution in [3.8, 4) is 17.3 Å². The van der Waals surface area contributed by atoms with Crippen LogP contribution in [0.15, 0.2) is 59.3 Å². The Morgan fingerprint density at radius 3 is 2.61 bits per heavy atom. The van der Waals surface area contributed by atoms with Crippen LogP contribution in [0, 0.1) is 0 Å². The zero-order valence-corrected chi connectivity index (χ0v) is 11.7. The number of furan rings is 1. The molecule has 0 radical (unpaired) electrons. The first-order valence-electron chi connectivity index (χ1n) is 6.86. The molecular formula is C16H10F2N4O. The van der Waals surface area contributed by atoms with Crippen LogP contribution in [-0.4, -0.2) is 19.7 Å². The second-order valence-corrected chi connectivity index (χ2v) is 4.86. The van der Waals surface area contributed by atoms with Crippen molar-refractivity contribution in [1.29, 1.82) is 0 Å². The lowest BCUT2D eigenvalue weighted by molar-refractivity contribution is 0.145. The molecule has 0 spiro atoms. The third-order valence-corrected chi connectivity index (χ3v) is 3.38. The van der Waals surface area contributed by atoms with Crippen molar-refractivity contribution in [2.45, 2.75) is 6.43 Å². The van der Waals surface area contributed by atoms with Gasteiger partial charge in [-0.1, -0.05) is 12.1 Å². The molecule has 0 amide bonds. The van der Waals surface area contributed by atoms with Crippen LogP contribution in [0.25, 0.3) is 28.3 Å². The molecule has 114 valence electrons. The van der Waals surface area contributed by atoms with E-state index in [0.717, 1.165) is 5.52 Å². The molecule has 0 aliphatic carbocycles. The number of para-hydroxylation sites is 2. The molecule has 3 heterocycles. The monoisotopic (exact) mass is 312 g/mol. The maximum Gasteiger partial charge on any atom is 0.282 e. The Bertz CT molecular complexity index is 963. The Balaban J connectivity index is 1.92. The van der Waals surface area contributed by atoms with Crippen molar-refractivity contribution in [2.75, 3.05) is 0 Å². The number of alkyl halides is 2. The predicted octanol–water partition coefficient (Wildman–Crippen LogP) is 4.01. The van der Waals surface area contributed by atoms with Crippen molar-refractivity contribution in [1.82, 2.24) is 19.7 Å². The van der Waals surface area contributed by atoms with Crippen LogP contribution in [0.2, 0.25) is 0 Å². The number of hydrogen-bond donors (Lipinski definition) is 0. The smallest absolute Gasteiger partial charge is 0.282 e. The zero-order valence-electron chi connectivity index (χ0n) is 11.7. The van der Waals surface area contributed by atoms with E-state index in [1.54, 1.807) is 18.2 Å². The van der Waals surface area contributed by atoms with E-state index in [1.165, 1.54) is 23.2 Å². The Kier molecular flexibility index (Phi) is 3.11. The minimum absolute atomic E-state index is 0.341. The van der Waals surface area contributed by atoms with E-state index in [9.17, 15) is 8.78 Å². The number of fused-ring (bicyclic) bond motifs is 1. The van der Waals surface area contributed by atoms with Gasteiger partial charge in [0.15, 0.2) is 11.6 Å². The van der Waals surface area contributed by atoms with E-state index in [2.05, 4.69) is 15.1 Å². The van der Waals surface area contributed by atoms with Crippen molar-refractivity contribution >= 4 is 11.0 Å². The van der Waals surface area contributed by atoms with Crippen LogP contribution >= 0.6 is 0 Å². The molecule has 7 heteroatoms. The predicted molar refractivity (Wildman–Crippen MR) is 79.3 cm³/mol. The summed E-state index contributed by atoms with van der Waals surface area (Å²) in [5, 5.41) is 3.95. The van der Waals surface area contributed by atoms with Crippen LogP contribution < -0.4 is 0 Å². The van der Waals surface area contributed by atoms with Crippen LogP contribution in [0.3, 0.4) is 0 Å². The van der Waals surface area contributed by atoms with E-state index in [1.807, 2.05) is 18.2 Å². The summed E-state index contributed by atoms with van der Waals surface area (Å²) < 4.78 is 32.7. The van der Waals surface area contributed by atoms with Crippen LogP contribution in [0.5, 0.6) is 0 Å². The van der Waals surface area contributed by atoms with E-state index in [4.69, 9.17) is 4.42 Å². The fourth-order valence-electron chi connectivity index (χ4n) is 2.33. The summed E-state index contributed by atoms with van der Waals surface area (Å²) in [5.74, 6) is 0.779. The van der Waals surface area contributed by atoms with Gasteiger partial charge in [0, 0.05) is 0 Å². The molecule has 0 aliphatic heterocycles. The molecule has 3 aromatic heterocycles. The van der Waals surface area contributed by atoms with E-state index < -0.39 is 6.43 Å². The Hall–Kier alpha value is -3.09. The van der Waals surface area contributed by atoms with E-state index >= 15 is 0 Å². The minimum Gasteiger partial charge on any atom is -0.463 e. The normalized spacial score (nSPS) is 11.4. The van der Waals surface area contributed by atoms with E-state index in [-0.39, 0.29) is 5.69 Å². The van der Waals surface area contributed by atoms with Gasteiger partial charge in [0.1, 0.15) is 11.4 Å². The maximum absolute atomic E-state index is 13.0. The van der Waals surface area contributed by atoms with Crippen LogP contribution in [-0.2, 0) is 0 Å². The summed E-state index contributed by atoms with van der Waals surface area (Å²) in [6.07, 6.45) is 0.288. The lowest BCUT2D eigenvalue weighted by atomic mass is 10.3. The first-order chi connectivity index (χ1) is 11.2. The van der Waals surface area contributed by atoms with Gasteiger partial charge in [0.25, 0.3) is 6.43 Å². The van der Waals surface area contributed by atoms with Gasteiger partial charge in [-0.2, -0.15) is 5.10 Å². The van der Waals surface area contributed by atoms with Gasteiger partial charge in [0.2, 0.25) is 0 Å². The molecule has 0 atom stereocenters. The molecule has 0 saturated carbocycles. The lowest BCUT2D eigenvalue weighted by Gasteiger charge is -2.05. The quantitative estimate of drug-likeness (QED) is 0.573. The highest BCUT2D eigenvalue weighted by Crippen LogP contribution is 2.28. The van der Waals surface area contributed by atoms with Crippen molar-refractivity contribution in [3.05, 3.63) is 60.6 Å². The maximum atomic E-state index is 13.0. The van der Waals surface area contributed by atoms with Gasteiger partial charge >= 0.3 is 0 Å². The van der Waals surface area contributed by atoms with E-state index in [0.29, 0.717) is 22.8 Å². The molecule has 0 saturated heterocycles. The Morgan fingerprint density at radius 2 is 1.87 bits per heavy atom. The number of rotatable bonds is 3. The first-order valence-corrected chi connectivity index (χ1v) is 6.86. The summed E-state index contributed by atoms with van der Waals surface area (Å²) in [7, 11) is 0. The third kappa shape index (κ3) is 2.36. The van der Waals surface area contributed by atoms with Crippen molar-refractivity contribution < 1.29 is 13.2 Å². The van der Waals surface area contributed by atoms with Gasteiger partial charge in [-0.05, 0) is 30.3 Å². The topological polar surface area (TPSA) is 56.7 Å². The van der Waals surface area contributed by atoms with Crippen LogP contribution in [0.4, 0.5) is 8.78 Å². The average molecular weight is 312 g/mol. The summed E-state index contributed by atoms with van der Waals surface area (Å²) in [6.45, 7) is 0. The molecule has 0 unspecified atom stereocenters. The molecular weight excluding hydrogens is 302 g/mol. The molecule has 23 heavy (non-hydrogen) atoms. The zero-order chi connectivity index (χ0) is 15.8. The van der Waals surface area contributed by atoms with Crippen LogP contribution in [0.1, 0.15) is 12.1 Å². The molecule has 0 aliphatic rings. The van der Waals surface area contributed by atoms with Gasteiger partial charge in [-0.15, -0.1) is 0 Å². The number of hydrogen-bond acceptors (Lipinski definition) is 4. The molecule has 0 fully saturated rings. The Labute approximate surface area is 129 Å². The minimum atomic E-state index is -2.68. The van der Waals surface area contributed by atoms with Crippen molar-refractivity contribution in [2.24, 2.45) is 0 Å². The SMILES string of the molecule is FC(F)c1cc(-c2ccco2)n(-c2cnc3ccccc3n2)n1. The number of aromatic nitrogens is 4. The first kappa shape index (κ1) is 13.6. The highest BCUT2D eigenvalue weighted by molar-refractivity contribution is 5.74. The number of halogens is 2.